The highest BCUT2D eigenvalue weighted by Gasteiger charge is 2.10. The zero-order chi connectivity index (χ0) is 12.3. The van der Waals surface area contributed by atoms with Crippen LogP contribution < -0.4 is 5.32 Å². The Kier molecular flexibility index (Phi) is 3.53. The lowest BCUT2D eigenvalue weighted by atomic mass is 10.1. The number of carboxylic acid groups (broad SMARTS) is 1. The number of thiophene rings is 1. The van der Waals surface area contributed by atoms with E-state index in [0.29, 0.717) is 13.0 Å². The molecular formula is C11H13N3O2S. The van der Waals surface area contributed by atoms with E-state index in [2.05, 4.69) is 15.3 Å². The Morgan fingerprint density at radius 1 is 1.59 bits per heavy atom. The second kappa shape index (κ2) is 5.09. The molecule has 0 bridgehead atoms. The molecule has 0 amide bonds. The minimum atomic E-state index is -0.768. The van der Waals surface area contributed by atoms with Gasteiger partial charge in [-0.25, -0.2) is 9.97 Å². The normalized spacial score (nSPS) is 12.5. The molecule has 2 aromatic heterocycles. The highest BCUT2D eigenvalue weighted by atomic mass is 32.1. The molecule has 0 aliphatic heterocycles. The largest absolute Gasteiger partial charge is 0.481 e. The van der Waals surface area contributed by atoms with Crippen molar-refractivity contribution in [3.63, 3.8) is 0 Å². The molecule has 0 spiro atoms. The maximum absolute atomic E-state index is 10.7. The zero-order valence-corrected chi connectivity index (χ0v) is 10.2. The van der Waals surface area contributed by atoms with E-state index in [0.717, 1.165) is 16.0 Å². The number of fused-ring (bicyclic) bond motifs is 1. The summed E-state index contributed by atoms with van der Waals surface area (Å²) in [4.78, 5) is 19.9. The summed E-state index contributed by atoms with van der Waals surface area (Å²) in [5, 5.41) is 14.9. The summed E-state index contributed by atoms with van der Waals surface area (Å²) in [6, 6.07) is 1.96. The third kappa shape index (κ3) is 2.71. The van der Waals surface area contributed by atoms with E-state index in [1.807, 2.05) is 11.4 Å². The van der Waals surface area contributed by atoms with Crippen molar-refractivity contribution in [2.75, 3.05) is 11.9 Å². The molecule has 0 aliphatic rings. The molecule has 0 aromatic carbocycles. The van der Waals surface area contributed by atoms with Crippen LogP contribution in [-0.4, -0.2) is 27.6 Å². The van der Waals surface area contributed by atoms with Gasteiger partial charge in [0.15, 0.2) is 0 Å². The summed E-state index contributed by atoms with van der Waals surface area (Å²) in [7, 11) is 0. The van der Waals surface area contributed by atoms with Gasteiger partial charge in [-0.1, -0.05) is 6.92 Å². The van der Waals surface area contributed by atoms with Crippen molar-refractivity contribution in [3.8, 4) is 0 Å². The lowest BCUT2D eigenvalue weighted by molar-refractivity contribution is -0.141. The lowest BCUT2D eigenvalue weighted by Crippen LogP contribution is -2.14. The second-order valence-corrected chi connectivity index (χ2v) is 4.71. The Balaban J connectivity index is 1.99. The molecule has 17 heavy (non-hydrogen) atoms. The van der Waals surface area contributed by atoms with Crippen molar-refractivity contribution in [1.82, 2.24) is 9.97 Å². The fourth-order valence-electron chi connectivity index (χ4n) is 1.46. The van der Waals surface area contributed by atoms with E-state index in [9.17, 15) is 4.79 Å². The summed E-state index contributed by atoms with van der Waals surface area (Å²) in [5.41, 5.74) is 0. The number of rotatable bonds is 5. The van der Waals surface area contributed by atoms with E-state index >= 15 is 0 Å². The van der Waals surface area contributed by atoms with Crippen LogP contribution in [0.2, 0.25) is 0 Å². The van der Waals surface area contributed by atoms with Gasteiger partial charge in [0.1, 0.15) is 17.0 Å². The van der Waals surface area contributed by atoms with Gasteiger partial charge in [0.05, 0.1) is 11.3 Å². The summed E-state index contributed by atoms with van der Waals surface area (Å²) in [6.07, 6.45) is 2.09. The van der Waals surface area contributed by atoms with Crippen LogP contribution in [0.3, 0.4) is 0 Å². The highest BCUT2D eigenvalue weighted by Crippen LogP contribution is 2.23. The molecule has 0 radical (unpaired) electrons. The monoisotopic (exact) mass is 251 g/mol. The first-order chi connectivity index (χ1) is 8.18. The molecule has 2 N–H and O–H groups in total. The molecule has 2 rings (SSSR count). The van der Waals surface area contributed by atoms with Crippen molar-refractivity contribution in [3.05, 3.63) is 17.8 Å². The average Bonchev–Trinajstić information content (AvgIpc) is 2.77. The minimum absolute atomic E-state index is 0.345. The van der Waals surface area contributed by atoms with Crippen molar-refractivity contribution in [2.45, 2.75) is 13.3 Å². The third-order valence-corrected chi connectivity index (χ3v) is 3.37. The van der Waals surface area contributed by atoms with E-state index in [-0.39, 0.29) is 5.92 Å². The van der Waals surface area contributed by atoms with Gasteiger partial charge in [-0.15, -0.1) is 11.3 Å². The number of carboxylic acids is 1. The van der Waals surface area contributed by atoms with Crippen LogP contribution >= 0.6 is 11.3 Å². The molecular weight excluding hydrogens is 238 g/mol. The number of nitrogens with one attached hydrogen (secondary N) is 1. The van der Waals surface area contributed by atoms with E-state index in [1.54, 1.807) is 18.3 Å². The molecule has 0 saturated heterocycles. The van der Waals surface area contributed by atoms with Crippen molar-refractivity contribution in [1.29, 1.82) is 0 Å². The third-order valence-electron chi connectivity index (χ3n) is 2.55. The van der Waals surface area contributed by atoms with Crippen LogP contribution in [0.1, 0.15) is 13.3 Å². The fourth-order valence-corrected chi connectivity index (χ4v) is 2.19. The molecule has 5 nitrogen and oxygen atoms in total. The quantitative estimate of drug-likeness (QED) is 0.852. The molecule has 6 heteroatoms. The molecule has 0 saturated carbocycles. The molecule has 1 unspecified atom stereocenters. The number of aliphatic carboxylic acids is 1. The Morgan fingerprint density at radius 3 is 3.18 bits per heavy atom. The summed E-state index contributed by atoms with van der Waals surface area (Å²) >= 11 is 1.56. The maximum Gasteiger partial charge on any atom is 0.306 e. The van der Waals surface area contributed by atoms with Gasteiger partial charge in [-0.3, -0.25) is 4.79 Å². The summed E-state index contributed by atoms with van der Waals surface area (Å²) in [6.45, 7) is 2.29. The Bertz CT molecular complexity index is 526. The van der Waals surface area contributed by atoms with Crippen molar-refractivity contribution >= 4 is 33.3 Å². The number of nitrogens with zero attached hydrogens (tertiary/aromatic N) is 2. The van der Waals surface area contributed by atoms with Crippen LogP contribution in [0.4, 0.5) is 5.82 Å². The second-order valence-electron chi connectivity index (χ2n) is 3.82. The smallest absolute Gasteiger partial charge is 0.306 e. The van der Waals surface area contributed by atoms with Crippen LogP contribution in [0, 0.1) is 5.92 Å². The van der Waals surface area contributed by atoms with Gasteiger partial charge in [-0.05, 0) is 17.9 Å². The van der Waals surface area contributed by atoms with Gasteiger partial charge < -0.3 is 10.4 Å². The van der Waals surface area contributed by atoms with Crippen LogP contribution in [0.25, 0.3) is 10.2 Å². The zero-order valence-electron chi connectivity index (χ0n) is 9.38. The average molecular weight is 251 g/mol. The summed E-state index contributed by atoms with van der Waals surface area (Å²) in [5.74, 6) is -0.341. The Morgan fingerprint density at radius 2 is 2.41 bits per heavy atom. The Labute approximate surface area is 103 Å². The number of carbonyl (C=O) groups is 1. The fraction of sp³-hybridized carbons (Fsp3) is 0.364. The number of hydrogen-bond acceptors (Lipinski definition) is 5. The molecule has 0 aliphatic carbocycles. The van der Waals surface area contributed by atoms with E-state index in [1.165, 1.54) is 6.33 Å². The van der Waals surface area contributed by atoms with Crippen molar-refractivity contribution in [2.24, 2.45) is 5.92 Å². The van der Waals surface area contributed by atoms with Crippen LogP contribution in [-0.2, 0) is 4.79 Å². The first kappa shape index (κ1) is 11.8. The molecule has 2 aromatic rings. The highest BCUT2D eigenvalue weighted by molar-refractivity contribution is 7.16. The van der Waals surface area contributed by atoms with Crippen LogP contribution in [0.5, 0.6) is 0 Å². The van der Waals surface area contributed by atoms with Gasteiger partial charge >= 0.3 is 5.97 Å². The van der Waals surface area contributed by atoms with Gasteiger partial charge in [0.2, 0.25) is 0 Å². The van der Waals surface area contributed by atoms with Gasteiger partial charge in [-0.2, -0.15) is 0 Å². The lowest BCUT2D eigenvalue weighted by Gasteiger charge is -2.08. The van der Waals surface area contributed by atoms with Crippen molar-refractivity contribution < 1.29 is 9.90 Å². The number of anilines is 1. The van der Waals surface area contributed by atoms with E-state index < -0.39 is 5.97 Å². The number of hydrogen-bond donors (Lipinski definition) is 2. The van der Waals surface area contributed by atoms with E-state index in [4.69, 9.17) is 5.11 Å². The number of aromatic nitrogens is 2. The molecule has 1 atom stereocenters. The molecule has 90 valence electrons. The predicted molar refractivity (Wildman–Crippen MR) is 67.3 cm³/mol. The molecule has 0 fully saturated rings. The van der Waals surface area contributed by atoms with Crippen LogP contribution in [0.15, 0.2) is 17.8 Å². The molecule has 2 heterocycles. The predicted octanol–water partition coefficient (Wildman–Crippen LogP) is 2.21. The Hall–Kier alpha value is -1.69. The standard InChI is InChI=1S/C11H13N3O2S/c1-7(11(15)16)2-4-12-9-8-3-5-17-10(8)14-6-13-9/h3,5-7H,2,4H2,1H3,(H,15,16)(H,12,13,14). The van der Waals surface area contributed by atoms with Gasteiger partial charge in [0.25, 0.3) is 0 Å². The first-order valence-electron chi connectivity index (χ1n) is 5.33. The summed E-state index contributed by atoms with van der Waals surface area (Å²) < 4.78 is 0. The maximum atomic E-state index is 10.7. The first-order valence-corrected chi connectivity index (χ1v) is 6.21. The minimum Gasteiger partial charge on any atom is -0.481 e. The topological polar surface area (TPSA) is 75.1 Å². The van der Waals surface area contributed by atoms with Gasteiger partial charge in [0, 0.05) is 6.54 Å². The SMILES string of the molecule is CC(CCNc1ncnc2sccc12)C(=O)O.